The Morgan fingerprint density at radius 1 is 1.37 bits per heavy atom. The van der Waals surface area contributed by atoms with E-state index in [1.807, 2.05) is 0 Å². The van der Waals surface area contributed by atoms with Crippen LogP contribution in [0, 0.1) is 12.3 Å². The Hall–Kier alpha value is -2.32. The Labute approximate surface area is 112 Å². The lowest BCUT2D eigenvalue weighted by Gasteiger charge is -2.10. The molecule has 0 aliphatic heterocycles. The van der Waals surface area contributed by atoms with Crippen LogP contribution in [0.15, 0.2) is 24.3 Å². The van der Waals surface area contributed by atoms with Gasteiger partial charge >= 0.3 is 0 Å². The third kappa shape index (κ3) is 4.45. The smallest absolute Gasteiger partial charge is 0.251 e. The number of nitrogens with one attached hydrogen (secondary N) is 2. The van der Waals surface area contributed by atoms with Crippen LogP contribution in [-0.4, -0.2) is 24.9 Å². The van der Waals surface area contributed by atoms with Gasteiger partial charge in [0.25, 0.3) is 5.91 Å². The molecule has 0 radical (unpaired) electrons. The summed E-state index contributed by atoms with van der Waals surface area (Å²) in [5.41, 5.74) is 7.02. The highest BCUT2D eigenvalue weighted by Gasteiger charge is 2.11. The first-order valence-electron chi connectivity index (χ1n) is 5.86. The molecule has 1 aromatic rings. The number of hydrogen-bond donors (Lipinski definition) is 3. The lowest BCUT2D eigenvalue weighted by molar-refractivity contribution is -0.122. The normalized spacial score (nSPS) is 11.2. The van der Waals surface area contributed by atoms with Gasteiger partial charge in [0.15, 0.2) is 0 Å². The minimum Gasteiger partial charge on any atom is -0.355 e. The highest BCUT2D eigenvalue weighted by atomic mass is 16.2. The summed E-state index contributed by atoms with van der Waals surface area (Å²) in [4.78, 5) is 22.9. The maximum atomic E-state index is 11.5. The number of carbonyl (C=O) groups is 2. The molecule has 0 heterocycles. The monoisotopic (exact) mass is 259 g/mol. The summed E-state index contributed by atoms with van der Waals surface area (Å²) in [7, 11) is 1.57. The van der Waals surface area contributed by atoms with Crippen molar-refractivity contribution in [3.05, 3.63) is 35.4 Å². The number of carbonyl (C=O) groups excluding carboxylic acids is 2. The Bertz CT molecular complexity index is 488. The third-order valence-corrected chi connectivity index (χ3v) is 2.58. The topological polar surface area (TPSA) is 84.2 Å². The van der Waals surface area contributed by atoms with Crippen LogP contribution in [0.2, 0.25) is 0 Å². The molecule has 5 nitrogen and oxygen atoms in total. The molecule has 1 rings (SSSR count). The summed E-state index contributed by atoms with van der Waals surface area (Å²) < 4.78 is 0. The van der Waals surface area contributed by atoms with Gasteiger partial charge in [0, 0.05) is 25.6 Å². The van der Waals surface area contributed by atoms with Crippen LogP contribution < -0.4 is 16.4 Å². The Morgan fingerprint density at radius 3 is 2.53 bits per heavy atom. The van der Waals surface area contributed by atoms with Gasteiger partial charge < -0.3 is 16.4 Å². The van der Waals surface area contributed by atoms with Gasteiger partial charge in [-0.3, -0.25) is 9.59 Å². The summed E-state index contributed by atoms with van der Waals surface area (Å²) >= 11 is 0. The highest BCUT2D eigenvalue weighted by molar-refractivity contribution is 5.93. The summed E-state index contributed by atoms with van der Waals surface area (Å²) in [5.74, 6) is 1.91. The first-order valence-corrected chi connectivity index (χ1v) is 5.86. The van der Waals surface area contributed by atoms with Gasteiger partial charge in [-0.25, -0.2) is 0 Å². The summed E-state index contributed by atoms with van der Waals surface area (Å²) in [6, 6.07) is 6.26. The van der Waals surface area contributed by atoms with Crippen molar-refractivity contribution in [2.45, 2.75) is 19.0 Å². The molecule has 0 bridgehead atoms. The predicted octanol–water partition coefficient (Wildman–Crippen LogP) is 0.0130. The number of benzene rings is 1. The van der Waals surface area contributed by atoms with Crippen LogP contribution in [0.3, 0.4) is 0 Å². The van der Waals surface area contributed by atoms with E-state index in [9.17, 15) is 9.59 Å². The fourth-order valence-electron chi connectivity index (χ4n) is 1.46. The molecule has 0 spiro atoms. The van der Waals surface area contributed by atoms with Crippen molar-refractivity contribution in [3.63, 3.8) is 0 Å². The maximum absolute atomic E-state index is 11.5. The van der Waals surface area contributed by atoms with E-state index in [0.717, 1.165) is 5.56 Å². The van der Waals surface area contributed by atoms with E-state index in [4.69, 9.17) is 12.2 Å². The zero-order chi connectivity index (χ0) is 14.3. The van der Waals surface area contributed by atoms with Crippen molar-refractivity contribution in [3.8, 4) is 12.3 Å². The quantitative estimate of drug-likeness (QED) is 0.651. The summed E-state index contributed by atoms with van der Waals surface area (Å²) in [6.07, 6.45) is 5.29. The van der Waals surface area contributed by atoms with Gasteiger partial charge in [0.05, 0.1) is 6.04 Å². The van der Waals surface area contributed by atoms with Crippen molar-refractivity contribution in [1.82, 2.24) is 10.6 Å². The van der Waals surface area contributed by atoms with Gasteiger partial charge in [0.2, 0.25) is 5.91 Å². The molecule has 1 unspecified atom stereocenters. The van der Waals surface area contributed by atoms with E-state index in [2.05, 4.69) is 16.6 Å². The average Bonchev–Trinajstić information content (AvgIpc) is 2.44. The van der Waals surface area contributed by atoms with Gasteiger partial charge in [-0.05, 0) is 17.7 Å². The molecule has 0 aliphatic rings. The van der Waals surface area contributed by atoms with E-state index in [1.54, 1.807) is 31.3 Å². The molecular weight excluding hydrogens is 242 g/mol. The molecule has 19 heavy (non-hydrogen) atoms. The molecule has 0 saturated carbocycles. The lowest BCUT2D eigenvalue weighted by atomic mass is 10.1. The van der Waals surface area contributed by atoms with Crippen molar-refractivity contribution in [2.75, 3.05) is 7.05 Å². The van der Waals surface area contributed by atoms with Gasteiger partial charge in [-0.2, -0.15) is 0 Å². The van der Waals surface area contributed by atoms with Gasteiger partial charge in [-0.1, -0.05) is 12.1 Å². The van der Waals surface area contributed by atoms with Crippen molar-refractivity contribution < 1.29 is 9.59 Å². The SMILES string of the molecule is C#CCC(N)C(=O)NCc1ccc(C(=O)NC)cc1. The molecule has 0 fully saturated rings. The molecule has 0 saturated heterocycles. The predicted molar refractivity (Wildman–Crippen MR) is 73.1 cm³/mol. The second-order valence-electron chi connectivity index (χ2n) is 4.01. The highest BCUT2D eigenvalue weighted by Crippen LogP contribution is 2.04. The third-order valence-electron chi connectivity index (χ3n) is 2.58. The fourth-order valence-corrected chi connectivity index (χ4v) is 1.46. The minimum atomic E-state index is -0.685. The molecule has 1 aromatic carbocycles. The number of rotatable bonds is 5. The summed E-state index contributed by atoms with van der Waals surface area (Å²) in [5, 5.41) is 5.22. The minimum absolute atomic E-state index is 0.147. The Kier molecular flexibility index (Phi) is 5.58. The second kappa shape index (κ2) is 7.19. The van der Waals surface area contributed by atoms with Crippen LogP contribution in [0.25, 0.3) is 0 Å². The van der Waals surface area contributed by atoms with Crippen LogP contribution in [0.5, 0.6) is 0 Å². The molecule has 0 aliphatic carbocycles. The first kappa shape index (κ1) is 14.7. The largest absolute Gasteiger partial charge is 0.355 e. The van der Waals surface area contributed by atoms with Crippen LogP contribution >= 0.6 is 0 Å². The molecule has 4 N–H and O–H groups in total. The van der Waals surface area contributed by atoms with E-state index in [0.29, 0.717) is 12.1 Å². The van der Waals surface area contributed by atoms with Crippen molar-refractivity contribution in [2.24, 2.45) is 5.73 Å². The maximum Gasteiger partial charge on any atom is 0.251 e. The lowest BCUT2D eigenvalue weighted by Crippen LogP contribution is -2.39. The Balaban J connectivity index is 2.53. The van der Waals surface area contributed by atoms with Crippen LogP contribution in [0.4, 0.5) is 0 Å². The number of amides is 2. The Morgan fingerprint density at radius 2 is 2.00 bits per heavy atom. The molecule has 0 aromatic heterocycles. The van der Waals surface area contributed by atoms with E-state index >= 15 is 0 Å². The van der Waals surface area contributed by atoms with Crippen LogP contribution in [-0.2, 0) is 11.3 Å². The second-order valence-corrected chi connectivity index (χ2v) is 4.01. The number of terminal acetylenes is 1. The van der Waals surface area contributed by atoms with E-state index < -0.39 is 6.04 Å². The molecule has 2 amide bonds. The van der Waals surface area contributed by atoms with E-state index in [1.165, 1.54) is 0 Å². The molecular formula is C14H17N3O2. The fraction of sp³-hybridized carbons (Fsp3) is 0.286. The first-order chi connectivity index (χ1) is 9.08. The van der Waals surface area contributed by atoms with Crippen molar-refractivity contribution >= 4 is 11.8 Å². The molecule has 100 valence electrons. The zero-order valence-corrected chi connectivity index (χ0v) is 10.8. The van der Waals surface area contributed by atoms with Crippen molar-refractivity contribution in [1.29, 1.82) is 0 Å². The molecule has 5 heteroatoms. The number of nitrogens with two attached hydrogens (primary N) is 1. The zero-order valence-electron chi connectivity index (χ0n) is 10.8. The average molecular weight is 259 g/mol. The van der Waals surface area contributed by atoms with Gasteiger partial charge in [0.1, 0.15) is 0 Å². The summed E-state index contributed by atoms with van der Waals surface area (Å²) in [6.45, 7) is 0.352. The molecule has 1 atom stereocenters. The number of hydrogen-bond acceptors (Lipinski definition) is 3. The van der Waals surface area contributed by atoms with Gasteiger partial charge in [-0.15, -0.1) is 12.3 Å². The standard InChI is InChI=1S/C14H17N3O2/c1-3-4-12(15)14(19)17-9-10-5-7-11(8-6-10)13(18)16-2/h1,5-8,12H,4,9,15H2,2H3,(H,16,18)(H,17,19). The van der Waals surface area contributed by atoms with E-state index in [-0.39, 0.29) is 18.2 Å². The van der Waals surface area contributed by atoms with Crippen LogP contribution in [0.1, 0.15) is 22.3 Å².